The largest absolute Gasteiger partial charge is 0.355 e. The second kappa shape index (κ2) is 5.54. The summed E-state index contributed by atoms with van der Waals surface area (Å²) >= 11 is 0. The zero-order valence-electron chi connectivity index (χ0n) is 12.8. The van der Waals surface area contributed by atoms with E-state index in [1.54, 1.807) is 6.33 Å². The minimum atomic E-state index is -0.00333. The Morgan fingerprint density at radius 1 is 1.30 bits per heavy atom. The molecule has 2 aliphatic rings. The van der Waals surface area contributed by atoms with Crippen LogP contribution in [0.25, 0.3) is 11.0 Å². The number of carbonyl (C=O) groups is 1. The molecule has 2 atom stereocenters. The van der Waals surface area contributed by atoms with Gasteiger partial charge >= 0.3 is 0 Å². The second-order valence-electron chi connectivity index (χ2n) is 6.27. The molecule has 2 fully saturated rings. The highest BCUT2D eigenvalue weighted by Crippen LogP contribution is 2.29. The Balaban J connectivity index is 1.48. The van der Waals surface area contributed by atoms with Gasteiger partial charge in [0.25, 0.3) is 0 Å². The third kappa shape index (κ3) is 2.40. The maximum Gasteiger partial charge on any atom is 0.227 e. The van der Waals surface area contributed by atoms with E-state index in [1.165, 1.54) is 0 Å². The van der Waals surface area contributed by atoms with E-state index < -0.39 is 0 Å². The first kappa shape index (κ1) is 14.0. The van der Waals surface area contributed by atoms with Crippen molar-refractivity contribution in [3.8, 4) is 6.07 Å². The lowest BCUT2D eigenvalue weighted by atomic mass is 10.1. The van der Waals surface area contributed by atoms with Gasteiger partial charge < -0.3 is 14.8 Å². The Kier molecular flexibility index (Phi) is 3.37. The van der Waals surface area contributed by atoms with Gasteiger partial charge in [-0.15, -0.1) is 0 Å². The van der Waals surface area contributed by atoms with Gasteiger partial charge in [-0.3, -0.25) is 4.79 Å². The highest BCUT2D eigenvalue weighted by Gasteiger charge is 2.35. The molecule has 0 spiro atoms. The van der Waals surface area contributed by atoms with Crippen molar-refractivity contribution in [3.05, 3.63) is 18.6 Å². The number of hydrogen-bond donors (Lipinski definition) is 1. The molecule has 23 heavy (non-hydrogen) atoms. The predicted octanol–water partition coefficient (Wildman–Crippen LogP) is 1.16. The molecule has 2 aromatic heterocycles. The van der Waals surface area contributed by atoms with Gasteiger partial charge in [0.1, 0.15) is 17.8 Å². The van der Waals surface area contributed by atoms with Crippen LogP contribution in [0.2, 0.25) is 0 Å². The maximum absolute atomic E-state index is 12.7. The molecule has 7 nitrogen and oxygen atoms in total. The number of rotatable bonds is 2. The normalized spacial score (nSPS) is 24.3. The zero-order valence-corrected chi connectivity index (χ0v) is 12.8. The SMILES string of the molecule is N#CC1CCN(C(=O)C2CCN(c3ncnc4[nH]ccc34)C2)C1. The number of H-pyrrole nitrogens is 1. The van der Waals surface area contributed by atoms with Crippen LogP contribution in [-0.2, 0) is 4.79 Å². The molecule has 1 amide bonds. The van der Waals surface area contributed by atoms with E-state index in [1.807, 2.05) is 17.2 Å². The van der Waals surface area contributed by atoms with Gasteiger partial charge in [-0.2, -0.15) is 5.26 Å². The lowest BCUT2D eigenvalue weighted by molar-refractivity contribution is -0.133. The Bertz CT molecular complexity index is 778. The molecular weight excluding hydrogens is 292 g/mol. The minimum absolute atomic E-state index is 0.00204. The van der Waals surface area contributed by atoms with E-state index in [0.717, 1.165) is 36.2 Å². The topological polar surface area (TPSA) is 88.9 Å². The van der Waals surface area contributed by atoms with Crippen molar-refractivity contribution < 1.29 is 4.79 Å². The van der Waals surface area contributed by atoms with E-state index in [-0.39, 0.29) is 17.7 Å². The number of nitrogens with one attached hydrogen (secondary N) is 1. The number of aromatic amines is 1. The maximum atomic E-state index is 12.7. The number of nitriles is 1. The first-order valence-corrected chi connectivity index (χ1v) is 7.97. The van der Waals surface area contributed by atoms with Crippen LogP contribution in [0.4, 0.5) is 5.82 Å². The molecule has 0 bridgehead atoms. The van der Waals surface area contributed by atoms with Gasteiger partial charge in [0.15, 0.2) is 0 Å². The van der Waals surface area contributed by atoms with Gasteiger partial charge in [-0.1, -0.05) is 0 Å². The lowest BCUT2D eigenvalue weighted by Crippen LogP contribution is -2.36. The summed E-state index contributed by atoms with van der Waals surface area (Å²) in [6.45, 7) is 2.80. The lowest BCUT2D eigenvalue weighted by Gasteiger charge is -2.21. The molecule has 0 radical (unpaired) electrons. The van der Waals surface area contributed by atoms with Crippen LogP contribution in [0, 0.1) is 23.2 Å². The summed E-state index contributed by atoms with van der Waals surface area (Å²) in [5, 5.41) is 9.98. The number of fused-ring (bicyclic) bond motifs is 1. The van der Waals surface area contributed by atoms with Crippen molar-refractivity contribution in [1.82, 2.24) is 19.9 Å². The van der Waals surface area contributed by atoms with Crippen LogP contribution < -0.4 is 4.90 Å². The number of amides is 1. The number of carbonyl (C=O) groups excluding carboxylic acids is 1. The molecule has 118 valence electrons. The summed E-state index contributed by atoms with van der Waals surface area (Å²) in [5.74, 6) is 1.07. The molecule has 7 heteroatoms. The van der Waals surface area contributed by atoms with Crippen LogP contribution in [-0.4, -0.2) is 51.9 Å². The molecule has 2 aromatic rings. The fourth-order valence-corrected chi connectivity index (χ4v) is 3.59. The Morgan fingerprint density at radius 3 is 3.04 bits per heavy atom. The number of hydrogen-bond acceptors (Lipinski definition) is 5. The number of nitrogens with zero attached hydrogens (tertiary/aromatic N) is 5. The Labute approximate surface area is 133 Å². The van der Waals surface area contributed by atoms with Crippen LogP contribution in [0.3, 0.4) is 0 Å². The van der Waals surface area contributed by atoms with E-state index in [4.69, 9.17) is 5.26 Å². The summed E-state index contributed by atoms with van der Waals surface area (Å²) < 4.78 is 0. The van der Waals surface area contributed by atoms with E-state index in [9.17, 15) is 4.79 Å². The quantitative estimate of drug-likeness (QED) is 0.899. The van der Waals surface area contributed by atoms with E-state index in [2.05, 4.69) is 25.9 Å². The average Bonchev–Trinajstić information content (AvgIpc) is 3.32. The zero-order chi connectivity index (χ0) is 15.8. The van der Waals surface area contributed by atoms with E-state index in [0.29, 0.717) is 19.6 Å². The molecule has 4 rings (SSSR count). The first-order chi connectivity index (χ1) is 11.3. The molecule has 2 aliphatic heterocycles. The molecule has 2 saturated heterocycles. The number of aromatic nitrogens is 3. The van der Waals surface area contributed by atoms with Gasteiger partial charge in [-0.05, 0) is 18.9 Å². The van der Waals surface area contributed by atoms with Crippen molar-refractivity contribution >= 4 is 22.8 Å². The molecule has 2 unspecified atom stereocenters. The predicted molar refractivity (Wildman–Crippen MR) is 84.5 cm³/mol. The van der Waals surface area contributed by atoms with Crippen molar-refractivity contribution in [2.24, 2.45) is 11.8 Å². The molecular formula is C16H18N6O. The fourth-order valence-electron chi connectivity index (χ4n) is 3.59. The Morgan fingerprint density at radius 2 is 2.22 bits per heavy atom. The van der Waals surface area contributed by atoms with E-state index >= 15 is 0 Å². The van der Waals surface area contributed by atoms with Crippen molar-refractivity contribution in [1.29, 1.82) is 5.26 Å². The summed E-state index contributed by atoms with van der Waals surface area (Å²) in [4.78, 5) is 28.4. The summed E-state index contributed by atoms with van der Waals surface area (Å²) in [7, 11) is 0. The first-order valence-electron chi connectivity index (χ1n) is 7.97. The molecule has 0 aromatic carbocycles. The number of anilines is 1. The average molecular weight is 310 g/mol. The van der Waals surface area contributed by atoms with Crippen LogP contribution in [0.1, 0.15) is 12.8 Å². The van der Waals surface area contributed by atoms with Crippen LogP contribution >= 0.6 is 0 Å². The molecule has 4 heterocycles. The van der Waals surface area contributed by atoms with Crippen LogP contribution in [0.15, 0.2) is 18.6 Å². The van der Waals surface area contributed by atoms with Gasteiger partial charge in [0, 0.05) is 32.4 Å². The third-order valence-corrected chi connectivity index (χ3v) is 4.85. The summed E-state index contributed by atoms with van der Waals surface area (Å²) in [6, 6.07) is 4.24. The van der Waals surface area contributed by atoms with Gasteiger partial charge in [0.05, 0.1) is 23.3 Å². The smallest absolute Gasteiger partial charge is 0.227 e. The van der Waals surface area contributed by atoms with Crippen molar-refractivity contribution in [2.75, 3.05) is 31.1 Å². The molecule has 1 N–H and O–H groups in total. The standard InChI is InChI=1S/C16H18N6O/c17-7-11-2-5-22(8-11)16(23)12-3-6-21(9-12)15-13-1-4-18-14(13)19-10-20-15/h1,4,10-12H,2-3,5-6,8-9H2,(H,18,19,20). The Hall–Kier alpha value is -2.62. The monoisotopic (exact) mass is 310 g/mol. The van der Waals surface area contributed by atoms with Gasteiger partial charge in [-0.25, -0.2) is 9.97 Å². The minimum Gasteiger partial charge on any atom is -0.355 e. The van der Waals surface area contributed by atoms with Crippen molar-refractivity contribution in [3.63, 3.8) is 0 Å². The van der Waals surface area contributed by atoms with Crippen molar-refractivity contribution in [2.45, 2.75) is 12.8 Å². The van der Waals surface area contributed by atoms with Crippen LogP contribution in [0.5, 0.6) is 0 Å². The fraction of sp³-hybridized carbons (Fsp3) is 0.500. The highest BCUT2D eigenvalue weighted by atomic mass is 16.2. The van der Waals surface area contributed by atoms with Gasteiger partial charge in [0.2, 0.25) is 5.91 Å². The highest BCUT2D eigenvalue weighted by molar-refractivity contribution is 5.88. The summed E-state index contributed by atoms with van der Waals surface area (Å²) in [6.07, 6.45) is 5.05. The molecule has 0 aliphatic carbocycles. The molecule has 0 saturated carbocycles. The summed E-state index contributed by atoms with van der Waals surface area (Å²) in [5.41, 5.74) is 0.821. The number of likely N-dealkylation sites (tertiary alicyclic amines) is 1. The second-order valence-corrected chi connectivity index (χ2v) is 6.27. The third-order valence-electron chi connectivity index (χ3n) is 4.85.